The van der Waals surface area contributed by atoms with Crippen molar-refractivity contribution in [1.82, 2.24) is 16.0 Å². The number of thiol groups is 1. The van der Waals surface area contributed by atoms with Crippen LogP contribution in [0.15, 0.2) is 4.99 Å². The molecule has 0 rings (SSSR count). The van der Waals surface area contributed by atoms with Crippen LogP contribution in [0.3, 0.4) is 0 Å². The van der Waals surface area contributed by atoms with E-state index in [1.165, 1.54) is 0 Å². The van der Waals surface area contributed by atoms with Gasteiger partial charge >= 0.3 is 11.9 Å². The van der Waals surface area contributed by atoms with Gasteiger partial charge in [-0.15, -0.1) is 0 Å². The van der Waals surface area contributed by atoms with Gasteiger partial charge in [-0.05, 0) is 19.8 Å². The van der Waals surface area contributed by atoms with Crippen LogP contribution in [0.5, 0.6) is 0 Å². The molecule has 15 nitrogen and oxygen atoms in total. The molecule has 16 heteroatoms. The zero-order valence-electron chi connectivity index (χ0n) is 17.9. The monoisotopic (exact) mass is 493 g/mol. The lowest BCUT2D eigenvalue weighted by Crippen LogP contribution is -2.59. The average Bonchev–Trinajstić information content (AvgIpc) is 2.71. The summed E-state index contributed by atoms with van der Waals surface area (Å²) in [7, 11) is 0. The van der Waals surface area contributed by atoms with Crippen LogP contribution in [0, 0.1) is 0 Å². The number of aliphatic hydroxyl groups is 1. The quantitative estimate of drug-likeness (QED) is 0.0451. The molecule has 3 amide bonds. The van der Waals surface area contributed by atoms with Crippen LogP contribution in [-0.2, 0) is 24.0 Å². The molecule has 0 fully saturated rings. The smallest absolute Gasteiger partial charge is 0.328 e. The van der Waals surface area contributed by atoms with Crippen molar-refractivity contribution in [2.45, 2.75) is 56.5 Å². The third-order valence-electron chi connectivity index (χ3n) is 4.18. The predicted octanol–water partition coefficient (Wildman–Crippen LogP) is -4.31. The third kappa shape index (κ3) is 11.9. The summed E-state index contributed by atoms with van der Waals surface area (Å²) in [6.07, 6.45) is -1.76. The highest BCUT2D eigenvalue weighted by atomic mass is 32.1. The minimum atomic E-state index is -1.65. The minimum absolute atomic E-state index is 0.128. The average molecular weight is 494 g/mol. The maximum absolute atomic E-state index is 12.5. The molecule has 0 saturated carbocycles. The van der Waals surface area contributed by atoms with Crippen molar-refractivity contribution in [1.29, 1.82) is 0 Å². The third-order valence-corrected chi connectivity index (χ3v) is 4.54. The van der Waals surface area contributed by atoms with Crippen molar-refractivity contribution in [3.8, 4) is 0 Å². The van der Waals surface area contributed by atoms with Crippen molar-refractivity contribution >= 4 is 48.2 Å². The Morgan fingerprint density at radius 1 is 0.970 bits per heavy atom. The van der Waals surface area contributed by atoms with Crippen molar-refractivity contribution in [2.24, 2.45) is 22.2 Å². The van der Waals surface area contributed by atoms with E-state index in [4.69, 9.17) is 27.4 Å². The second-order valence-electron chi connectivity index (χ2n) is 7.02. The summed E-state index contributed by atoms with van der Waals surface area (Å²) >= 11 is 3.92. The Hall–Kier alpha value is -3.11. The molecule has 5 unspecified atom stereocenters. The standard InChI is InChI=1S/C17H31N7O8S/c1-7(25)12(16(31)32)24-15(30)10(6-33)23-14(29)9(5-11(26)27)22-13(28)8(18)3-2-4-21-17(19)20/h7-10,12,25,33H,2-6,18H2,1H3,(H,22,28)(H,23,29)(H,24,30)(H,26,27)(H,31,32)(H4,19,20,21). The number of hydrogen-bond acceptors (Lipinski definition) is 9. The van der Waals surface area contributed by atoms with E-state index in [1.54, 1.807) is 0 Å². The van der Waals surface area contributed by atoms with Crippen molar-refractivity contribution in [3.05, 3.63) is 0 Å². The number of aliphatic carboxylic acids is 2. The number of nitrogens with zero attached hydrogens (tertiary/aromatic N) is 1. The second-order valence-corrected chi connectivity index (χ2v) is 7.39. The van der Waals surface area contributed by atoms with E-state index in [1.807, 2.05) is 5.32 Å². The van der Waals surface area contributed by atoms with Gasteiger partial charge in [0, 0.05) is 12.3 Å². The van der Waals surface area contributed by atoms with Crippen LogP contribution in [0.4, 0.5) is 0 Å². The number of aliphatic imine (C=N–C) groups is 1. The highest BCUT2D eigenvalue weighted by Gasteiger charge is 2.32. The Balaban J connectivity index is 5.16. The predicted molar refractivity (Wildman–Crippen MR) is 119 cm³/mol. The number of nitrogens with one attached hydrogen (secondary N) is 3. The fourth-order valence-electron chi connectivity index (χ4n) is 2.42. The first-order valence-electron chi connectivity index (χ1n) is 9.75. The number of aliphatic hydroxyl groups excluding tert-OH is 1. The number of guanidine groups is 1. The van der Waals surface area contributed by atoms with E-state index in [-0.39, 0.29) is 24.7 Å². The van der Waals surface area contributed by atoms with Gasteiger partial charge in [0.15, 0.2) is 12.0 Å². The first kappa shape index (κ1) is 29.9. The van der Waals surface area contributed by atoms with E-state index in [2.05, 4.69) is 28.3 Å². The first-order valence-corrected chi connectivity index (χ1v) is 10.4. The Labute approximate surface area is 194 Å². The Morgan fingerprint density at radius 2 is 1.52 bits per heavy atom. The van der Waals surface area contributed by atoms with Crippen LogP contribution >= 0.6 is 12.6 Å². The Kier molecular flexibility index (Phi) is 13.5. The fraction of sp³-hybridized carbons (Fsp3) is 0.647. The minimum Gasteiger partial charge on any atom is -0.481 e. The van der Waals surface area contributed by atoms with Crippen LogP contribution < -0.4 is 33.2 Å². The second kappa shape index (κ2) is 14.9. The largest absolute Gasteiger partial charge is 0.481 e. The zero-order chi connectivity index (χ0) is 25.7. The Morgan fingerprint density at radius 3 is 1.97 bits per heavy atom. The summed E-state index contributed by atoms with van der Waals surface area (Å²) in [6, 6.07) is -5.71. The number of carboxylic acid groups (broad SMARTS) is 2. The van der Waals surface area contributed by atoms with Gasteiger partial charge in [-0.3, -0.25) is 24.2 Å². The molecule has 0 saturated heterocycles. The maximum atomic E-state index is 12.5. The molecule has 0 aromatic carbocycles. The van der Waals surface area contributed by atoms with Crippen LogP contribution in [-0.4, -0.2) is 93.5 Å². The summed E-state index contributed by atoms with van der Waals surface area (Å²) in [5.41, 5.74) is 16.1. The van der Waals surface area contributed by atoms with Crippen molar-refractivity contribution in [2.75, 3.05) is 12.3 Å². The molecule has 0 heterocycles. The lowest BCUT2D eigenvalue weighted by Gasteiger charge is -2.24. The van der Waals surface area contributed by atoms with E-state index in [9.17, 15) is 29.1 Å². The maximum Gasteiger partial charge on any atom is 0.328 e. The van der Waals surface area contributed by atoms with Gasteiger partial charge in [-0.1, -0.05) is 0 Å². The Bertz CT molecular complexity index is 745. The van der Waals surface area contributed by atoms with Gasteiger partial charge in [0.2, 0.25) is 17.7 Å². The van der Waals surface area contributed by atoms with E-state index >= 15 is 0 Å². The number of rotatable bonds is 15. The summed E-state index contributed by atoms with van der Waals surface area (Å²) in [4.78, 5) is 63.1. The molecular weight excluding hydrogens is 462 g/mol. The molecule has 0 aliphatic rings. The van der Waals surface area contributed by atoms with Gasteiger partial charge in [0.25, 0.3) is 0 Å². The molecule has 12 N–H and O–H groups in total. The highest BCUT2D eigenvalue weighted by Crippen LogP contribution is 2.02. The van der Waals surface area contributed by atoms with E-state index in [0.29, 0.717) is 6.42 Å². The molecule has 0 bridgehead atoms. The van der Waals surface area contributed by atoms with Gasteiger partial charge in [0.1, 0.15) is 12.1 Å². The van der Waals surface area contributed by atoms with E-state index < -0.39 is 66.4 Å². The van der Waals surface area contributed by atoms with Crippen LogP contribution in [0.1, 0.15) is 26.2 Å². The van der Waals surface area contributed by atoms with E-state index in [0.717, 1.165) is 6.92 Å². The number of nitrogens with two attached hydrogens (primary N) is 3. The number of carbonyl (C=O) groups excluding carboxylic acids is 3. The van der Waals surface area contributed by atoms with Crippen molar-refractivity contribution in [3.63, 3.8) is 0 Å². The molecule has 33 heavy (non-hydrogen) atoms. The van der Waals surface area contributed by atoms with Gasteiger partial charge < -0.3 is 48.5 Å². The zero-order valence-corrected chi connectivity index (χ0v) is 18.8. The highest BCUT2D eigenvalue weighted by molar-refractivity contribution is 7.80. The fourth-order valence-corrected chi connectivity index (χ4v) is 2.68. The molecule has 0 aliphatic heterocycles. The summed E-state index contributed by atoms with van der Waals surface area (Å²) in [6.45, 7) is 1.36. The van der Waals surface area contributed by atoms with Gasteiger partial charge in [-0.25, -0.2) is 4.79 Å². The molecule has 188 valence electrons. The van der Waals surface area contributed by atoms with Crippen molar-refractivity contribution < 1.29 is 39.3 Å². The first-order chi connectivity index (χ1) is 15.3. The number of carboxylic acids is 2. The van der Waals surface area contributed by atoms with Gasteiger partial charge in [-0.2, -0.15) is 12.6 Å². The molecule has 0 radical (unpaired) electrons. The number of hydrogen-bond donors (Lipinski definition) is 10. The molecule has 0 aromatic heterocycles. The topological polar surface area (TPSA) is 273 Å². The summed E-state index contributed by atoms with van der Waals surface area (Å²) in [5.74, 6) is -6.16. The van der Waals surface area contributed by atoms with Gasteiger partial charge in [0.05, 0.1) is 18.6 Å². The lowest BCUT2D eigenvalue weighted by molar-refractivity contribution is -0.145. The summed E-state index contributed by atoms with van der Waals surface area (Å²) in [5, 5.41) is 34.0. The number of amides is 3. The molecule has 0 aliphatic carbocycles. The molecule has 0 spiro atoms. The summed E-state index contributed by atoms with van der Waals surface area (Å²) < 4.78 is 0. The van der Waals surface area contributed by atoms with Crippen LogP contribution in [0.2, 0.25) is 0 Å². The number of carbonyl (C=O) groups is 5. The molecular formula is C17H31N7O8S. The lowest BCUT2D eigenvalue weighted by atomic mass is 10.1. The van der Waals surface area contributed by atoms with Crippen LogP contribution in [0.25, 0.3) is 0 Å². The molecule has 0 aromatic rings. The SMILES string of the molecule is CC(O)C(NC(=O)C(CS)NC(=O)C(CC(=O)O)NC(=O)C(N)CCCN=C(N)N)C(=O)O. The molecule has 5 atom stereocenters. The normalized spacial score (nSPS) is 15.2.